The van der Waals surface area contributed by atoms with Crippen LogP contribution in [0.3, 0.4) is 0 Å². The molecule has 0 atom stereocenters. The van der Waals surface area contributed by atoms with Gasteiger partial charge in [0.1, 0.15) is 12.4 Å². The van der Waals surface area contributed by atoms with Gasteiger partial charge in [0.2, 0.25) is 0 Å². The predicted molar refractivity (Wildman–Crippen MR) is 85.9 cm³/mol. The van der Waals surface area contributed by atoms with Crippen molar-refractivity contribution in [2.45, 2.75) is 6.54 Å². The van der Waals surface area contributed by atoms with E-state index in [1.807, 2.05) is 0 Å². The molecule has 2 N–H and O–H groups in total. The van der Waals surface area contributed by atoms with Crippen LogP contribution in [0.15, 0.2) is 41.8 Å². The summed E-state index contributed by atoms with van der Waals surface area (Å²) in [6.07, 6.45) is 0. The predicted octanol–water partition coefficient (Wildman–Crippen LogP) is 1.48. The summed E-state index contributed by atoms with van der Waals surface area (Å²) in [6.45, 7) is -0.836. The Bertz CT molecular complexity index is 719. The number of carbonyl (C=O) groups is 3. The summed E-state index contributed by atoms with van der Waals surface area (Å²) in [7, 11) is 0. The van der Waals surface area contributed by atoms with E-state index < -0.39 is 24.3 Å². The molecule has 1 aromatic heterocycles. The Morgan fingerprint density at radius 3 is 2.58 bits per heavy atom. The first kappa shape index (κ1) is 17.6. The zero-order chi connectivity index (χ0) is 17.4. The van der Waals surface area contributed by atoms with Crippen LogP contribution in [0, 0.1) is 5.82 Å². The molecule has 8 heteroatoms. The van der Waals surface area contributed by atoms with Crippen LogP contribution in [0.2, 0.25) is 0 Å². The van der Waals surface area contributed by atoms with Crippen LogP contribution in [0.4, 0.5) is 4.39 Å². The van der Waals surface area contributed by atoms with Gasteiger partial charge in [0.25, 0.3) is 11.8 Å². The number of halogens is 1. The normalized spacial score (nSPS) is 10.0. The molecule has 2 aromatic rings. The third kappa shape index (κ3) is 5.47. The lowest BCUT2D eigenvalue weighted by molar-refractivity contribution is -0.147. The van der Waals surface area contributed by atoms with Crippen molar-refractivity contribution in [2.24, 2.45) is 0 Å². The zero-order valence-electron chi connectivity index (χ0n) is 12.6. The van der Waals surface area contributed by atoms with Crippen LogP contribution in [0.1, 0.15) is 15.2 Å². The van der Waals surface area contributed by atoms with Gasteiger partial charge in [0.15, 0.2) is 6.61 Å². The molecule has 24 heavy (non-hydrogen) atoms. The van der Waals surface area contributed by atoms with Crippen LogP contribution in [-0.2, 0) is 20.9 Å². The minimum absolute atomic E-state index is 0.00181. The van der Waals surface area contributed by atoms with Crippen LogP contribution >= 0.6 is 11.3 Å². The van der Waals surface area contributed by atoms with Crippen LogP contribution in [0.5, 0.6) is 0 Å². The number of esters is 1. The quantitative estimate of drug-likeness (QED) is 0.741. The van der Waals surface area contributed by atoms with E-state index in [0.29, 0.717) is 10.4 Å². The molecule has 6 nitrogen and oxygen atoms in total. The SMILES string of the molecule is O=C(COC(=O)CNC(=O)c1cccs1)NCc1ccccc1F. The molecule has 0 aliphatic rings. The lowest BCUT2D eigenvalue weighted by Gasteiger charge is -2.08. The van der Waals surface area contributed by atoms with Crippen molar-refractivity contribution in [3.05, 3.63) is 58.0 Å². The average Bonchev–Trinajstić information content (AvgIpc) is 3.11. The summed E-state index contributed by atoms with van der Waals surface area (Å²) in [5, 5.41) is 6.57. The Balaban J connectivity index is 1.65. The Morgan fingerprint density at radius 2 is 1.88 bits per heavy atom. The molecule has 1 aromatic carbocycles. The smallest absolute Gasteiger partial charge is 0.325 e. The van der Waals surface area contributed by atoms with Gasteiger partial charge in [-0.3, -0.25) is 14.4 Å². The fourth-order valence-electron chi connectivity index (χ4n) is 1.73. The average molecular weight is 350 g/mol. The molecule has 126 valence electrons. The fourth-order valence-corrected chi connectivity index (χ4v) is 2.37. The van der Waals surface area contributed by atoms with Crippen molar-refractivity contribution in [1.29, 1.82) is 0 Å². The molecule has 0 saturated carbocycles. The van der Waals surface area contributed by atoms with E-state index in [1.165, 1.54) is 17.4 Å². The molecule has 2 amide bonds. The van der Waals surface area contributed by atoms with Gasteiger partial charge < -0.3 is 15.4 Å². The molecular formula is C16H15FN2O4S. The minimum atomic E-state index is -0.735. The molecule has 0 unspecified atom stereocenters. The summed E-state index contributed by atoms with van der Waals surface area (Å²) in [4.78, 5) is 35.1. The lowest BCUT2D eigenvalue weighted by atomic mass is 10.2. The van der Waals surface area contributed by atoms with Crippen molar-refractivity contribution in [2.75, 3.05) is 13.2 Å². The van der Waals surface area contributed by atoms with Crippen LogP contribution < -0.4 is 10.6 Å². The van der Waals surface area contributed by atoms with Gasteiger partial charge in [0, 0.05) is 12.1 Å². The van der Waals surface area contributed by atoms with Crippen molar-refractivity contribution >= 4 is 29.1 Å². The van der Waals surface area contributed by atoms with E-state index in [2.05, 4.69) is 10.6 Å². The number of carbonyl (C=O) groups excluding carboxylic acids is 3. The fraction of sp³-hybridized carbons (Fsp3) is 0.188. The van der Waals surface area contributed by atoms with E-state index in [0.717, 1.165) is 0 Å². The van der Waals surface area contributed by atoms with E-state index in [-0.39, 0.29) is 19.0 Å². The number of benzene rings is 1. The number of thiophene rings is 1. The highest BCUT2D eigenvalue weighted by Gasteiger charge is 2.11. The first-order chi connectivity index (χ1) is 11.6. The summed E-state index contributed by atoms with van der Waals surface area (Å²) < 4.78 is 18.1. The second kappa shape index (κ2) is 8.78. The molecule has 2 rings (SSSR count). The first-order valence-corrected chi connectivity index (χ1v) is 7.91. The number of ether oxygens (including phenoxy) is 1. The van der Waals surface area contributed by atoms with Gasteiger partial charge in [-0.25, -0.2) is 4.39 Å². The largest absolute Gasteiger partial charge is 0.454 e. The number of rotatable bonds is 7. The van der Waals surface area contributed by atoms with Gasteiger partial charge in [-0.05, 0) is 17.5 Å². The summed E-state index contributed by atoms with van der Waals surface area (Å²) >= 11 is 1.25. The maximum atomic E-state index is 13.4. The monoisotopic (exact) mass is 350 g/mol. The minimum Gasteiger partial charge on any atom is -0.454 e. The van der Waals surface area contributed by atoms with Gasteiger partial charge in [0.05, 0.1) is 4.88 Å². The number of amides is 2. The van der Waals surface area contributed by atoms with Crippen LogP contribution in [0.25, 0.3) is 0 Å². The third-order valence-corrected chi connectivity index (χ3v) is 3.80. The van der Waals surface area contributed by atoms with Crippen molar-refractivity contribution in [1.82, 2.24) is 10.6 Å². The van der Waals surface area contributed by atoms with Crippen molar-refractivity contribution in [3.8, 4) is 0 Å². The molecule has 0 radical (unpaired) electrons. The highest BCUT2D eigenvalue weighted by atomic mass is 32.1. The highest BCUT2D eigenvalue weighted by molar-refractivity contribution is 7.12. The standard InChI is InChI=1S/C16H15FN2O4S/c17-12-5-2-1-4-11(12)8-18-14(20)10-23-15(21)9-19-16(22)13-6-3-7-24-13/h1-7H,8-10H2,(H,18,20)(H,19,22). The topological polar surface area (TPSA) is 84.5 Å². The van der Waals surface area contributed by atoms with E-state index >= 15 is 0 Å². The Hall–Kier alpha value is -2.74. The molecule has 0 fully saturated rings. The Labute approximate surface area is 141 Å². The molecule has 1 heterocycles. The second-order valence-corrected chi connectivity index (χ2v) is 5.64. The highest BCUT2D eigenvalue weighted by Crippen LogP contribution is 2.07. The number of nitrogens with one attached hydrogen (secondary N) is 2. The summed E-state index contributed by atoms with van der Waals surface area (Å²) in [5.74, 6) is -2.10. The molecule has 0 spiro atoms. The summed E-state index contributed by atoms with van der Waals surface area (Å²) in [5.41, 5.74) is 0.334. The molecular weight excluding hydrogens is 335 g/mol. The molecule has 0 aliphatic carbocycles. The Kier molecular flexibility index (Phi) is 6.44. The maximum Gasteiger partial charge on any atom is 0.325 e. The third-order valence-electron chi connectivity index (χ3n) is 2.94. The van der Waals surface area contributed by atoms with Gasteiger partial charge in [-0.15, -0.1) is 11.3 Å². The van der Waals surface area contributed by atoms with E-state index in [9.17, 15) is 18.8 Å². The maximum absolute atomic E-state index is 13.4. The van der Waals surface area contributed by atoms with Crippen molar-refractivity contribution in [3.63, 3.8) is 0 Å². The zero-order valence-corrected chi connectivity index (χ0v) is 13.4. The van der Waals surface area contributed by atoms with E-state index in [1.54, 1.807) is 35.7 Å². The number of hydrogen-bond donors (Lipinski definition) is 2. The number of hydrogen-bond acceptors (Lipinski definition) is 5. The van der Waals surface area contributed by atoms with Gasteiger partial charge in [-0.1, -0.05) is 24.3 Å². The van der Waals surface area contributed by atoms with Gasteiger partial charge in [-0.2, -0.15) is 0 Å². The summed E-state index contributed by atoms with van der Waals surface area (Å²) in [6, 6.07) is 9.38. The molecule has 0 saturated heterocycles. The second-order valence-electron chi connectivity index (χ2n) is 4.69. The first-order valence-electron chi connectivity index (χ1n) is 7.03. The molecule has 0 bridgehead atoms. The Morgan fingerprint density at radius 1 is 1.08 bits per heavy atom. The van der Waals surface area contributed by atoms with Crippen molar-refractivity contribution < 1.29 is 23.5 Å². The van der Waals surface area contributed by atoms with Gasteiger partial charge >= 0.3 is 5.97 Å². The lowest BCUT2D eigenvalue weighted by Crippen LogP contribution is -2.33. The van der Waals surface area contributed by atoms with E-state index in [4.69, 9.17) is 4.74 Å². The van der Waals surface area contributed by atoms with Crippen LogP contribution in [-0.4, -0.2) is 30.9 Å². The molecule has 0 aliphatic heterocycles.